The van der Waals surface area contributed by atoms with Crippen molar-refractivity contribution in [3.05, 3.63) is 65.2 Å². The predicted molar refractivity (Wildman–Crippen MR) is 137 cm³/mol. The number of nitrogens with zero attached hydrogens (tertiary/aromatic N) is 2. The largest absolute Gasteiger partial charge is 0.507 e. The molecule has 1 N–H and O–H groups in total. The first-order valence-corrected chi connectivity index (χ1v) is 12.4. The fourth-order valence-electron chi connectivity index (χ4n) is 4.45. The van der Waals surface area contributed by atoms with Crippen LogP contribution in [-0.4, -0.2) is 66.0 Å². The van der Waals surface area contributed by atoms with Gasteiger partial charge in [0, 0.05) is 12.1 Å². The molecule has 1 atom stereocenters. The monoisotopic (exact) mass is 480 g/mol. The fourth-order valence-corrected chi connectivity index (χ4v) is 4.45. The number of hydrogen-bond acceptors (Lipinski definition) is 6. The van der Waals surface area contributed by atoms with Crippen LogP contribution in [0.3, 0.4) is 0 Å². The van der Waals surface area contributed by atoms with E-state index < -0.39 is 17.7 Å². The number of aliphatic hydroxyl groups excluding tert-OH is 1. The minimum atomic E-state index is -0.721. The van der Waals surface area contributed by atoms with Gasteiger partial charge in [-0.2, -0.15) is 0 Å². The number of hydrogen-bond donors (Lipinski definition) is 1. The first-order chi connectivity index (χ1) is 17.0. The lowest BCUT2D eigenvalue weighted by atomic mass is 9.95. The van der Waals surface area contributed by atoms with Gasteiger partial charge >= 0.3 is 0 Å². The normalized spacial score (nSPS) is 17.3. The Bertz CT molecular complexity index is 1050. The van der Waals surface area contributed by atoms with E-state index >= 15 is 0 Å². The summed E-state index contributed by atoms with van der Waals surface area (Å²) in [7, 11) is 0. The van der Waals surface area contributed by atoms with Crippen molar-refractivity contribution in [3.8, 4) is 11.5 Å². The number of likely N-dealkylation sites (tertiary alicyclic amines) is 1. The van der Waals surface area contributed by atoms with Crippen LogP contribution in [0.2, 0.25) is 0 Å². The predicted octanol–water partition coefficient (Wildman–Crippen LogP) is 4.64. The summed E-state index contributed by atoms with van der Waals surface area (Å²) in [6.45, 7) is 12.0. The van der Waals surface area contributed by atoms with Crippen molar-refractivity contribution in [3.63, 3.8) is 0 Å². The number of rotatable bonds is 12. The lowest BCUT2D eigenvalue weighted by Crippen LogP contribution is -2.33. The molecule has 0 saturated carbocycles. The van der Waals surface area contributed by atoms with Gasteiger partial charge in [0.1, 0.15) is 5.76 Å². The molecule has 2 aromatic rings. The minimum absolute atomic E-state index is 0.0932. The third-order valence-electron chi connectivity index (χ3n) is 6.24. The van der Waals surface area contributed by atoms with Crippen LogP contribution in [0.15, 0.2) is 54.1 Å². The average molecular weight is 481 g/mol. The number of carbonyl (C=O) groups excluding carboxylic acids is 2. The molecule has 1 saturated heterocycles. The summed E-state index contributed by atoms with van der Waals surface area (Å²) in [5.74, 6) is -0.308. The Balaban J connectivity index is 2.08. The number of benzene rings is 2. The number of amides is 1. The van der Waals surface area contributed by atoms with Gasteiger partial charge in [-0.1, -0.05) is 50.2 Å². The first kappa shape index (κ1) is 26.3. The van der Waals surface area contributed by atoms with E-state index in [-0.39, 0.29) is 11.3 Å². The number of Topliss-reactive ketones (excluding diaryl/α,β-unsaturated/α-hetero) is 1. The fraction of sp³-hybridized carbons (Fsp3) is 0.429. The van der Waals surface area contributed by atoms with Gasteiger partial charge in [-0.25, -0.2) is 0 Å². The van der Waals surface area contributed by atoms with Crippen LogP contribution in [0, 0.1) is 0 Å². The Morgan fingerprint density at radius 3 is 2.23 bits per heavy atom. The van der Waals surface area contributed by atoms with Crippen LogP contribution in [0.5, 0.6) is 11.5 Å². The Kier molecular flexibility index (Phi) is 9.32. The van der Waals surface area contributed by atoms with Crippen LogP contribution in [0.25, 0.3) is 5.76 Å². The summed E-state index contributed by atoms with van der Waals surface area (Å²) in [6, 6.07) is 13.6. The Morgan fingerprint density at radius 2 is 1.60 bits per heavy atom. The lowest BCUT2D eigenvalue weighted by Gasteiger charge is -2.27. The molecule has 35 heavy (non-hydrogen) atoms. The van der Waals surface area contributed by atoms with Gasteiger partial charge in [-0.05, 0) is 57.6 Å². The van der Waals surface area contributed by atoms with Gasteiger partial charge in [0.2, 0.25) is 0 Å². The Morgan fingerprint density at radius 1 is 0.943 bits per heavy atom. The molecule has 1 heterocycles. The molecule has 7 nitrogen and oxygen atoms in total. The molecule has 1 amide bonds. The summed E-state index contributed by atoms with van der Waals surface area (Å²) in [4.78, 5) is 30.3. The smallest absolute Gasteiger partial charge is 0.295 e. The third-order valence-corrected chi connectivity index (χ3v) is 6.24. The number of carbonyl (C=O) groups is 2. The second-order valence-corrected chi connectivity index (χ2v) is 8.31. The number of ketones is 1. The van der Waals surface area contributed by atoms with Gasteiger partial charge in [0.05, 0.1) is 24.8 Å². The molecular weight excluding hydrogens is 444 g/mol. The molecule has 188 valence electrons. The van der Waals surface area contributed by atoms with E-state index in [4.69, 9.17) is 9.47 Å². The molecular formula is C28H36N2O5. The SMILES string of the molecule is CCOc1ccc(C2C(=C(O)c3ccccc3)C(=O)C(=O)N2CCCN(CC)CC)cc1OCC. The summed E-state index contributed by atoms with van der Waals surface area (Å²) in [5, 5.41) is 11.2. The average Bonchev–Trinajstić information content (AvgIpc) is 3.13. The molecule has 7 heteroatoms. The number of aliphatic hydroxyl groups is 1. The summed E-state index contributed by atoms with van der Waals surface area (Å²) >= 11 is 0. The van der Waals surface area contributed by atoms with E-state index in [1.165, 1.54) is 0 Å². The highest BCUT2D eigenvalue weighted by Gasteiger charge is 2.46. The van der Waals surface area contributed by atoms with Crippen molar-refractivity contribution in [2.24, 2.45) is 0 Å². The quantitative estimate of drug-likeness (QED) is 0.271. The topological polar surface area (TPSA) is 79.3 Å². The maximum atomic E-state index is 13.2. The van der Waals surface area contributed by atoms with Gasteiger partial charge in [0.25, 0.3) is 11.7 Å². The van der Waals surface area contributed by atoms with Gasteiger partial charge in [0.15, 0.2) is 11.5 Å². The van der Waals surface area contributed by atoms with E-state index in [0.29, 0.717) is 48.8 Å². The van der Waals surface area contributed by atoms with Gasteiger partial charge in [-0.3, -0.25) is 9.59 Å². The third kappa shape index (κ3) is 5.85. The highest BCUT2D eigenvalue weighted by Crippen LogP contribution is 2.42. The van der Waals surface area contributed by atoms with Crippen LogP contribution >= 0.6 is 0 Å². The van der Waals surface area contributed by atoms with Crippen molar-refractivity contribution in [2.45, 2.75) is 40.2 Å². The maximum absolute atomic E-state index is 13.2. The van der Waals surface area contributed by atoms with E-state index in [1.54, 1.807) is 41.3 Å². The van der Waals surface area contributed by atoms with Crippen molar-refractivity contribution in [2.75, 3.05) is 39.4 Å². The zero-order chi connectivity index (χ0) is 25.4. The lowest BCUT2D eigenvalue weighted by molar-refractivity contribution is -0.140. The molecule has 0 aliphatic carbocycles. The zero-order valence-corrected chi connectivity index (χ0v) is 21.1. The maximum Gasteiger partial charge on any atom is 0.295 e. The van der Waals surface area contributed by atoms with Crippen molar-refractivity contribution in [1.82, 2.24) is 9.80 Å². The van der Waals surface area contributed by atoms with E-state index in [9.17, 15) is 14.7 Å². The Hall–Kier alpha value is -3.32. The second kappa shape index (κ2) is 12.4. The van der Waals surface area contributed by atoms with E-state index in [0.717, 1.165) is 19.6 Å². The Labute approximate surface area is 207 Å². The molecule has 1 unspecified atom stereocenters. The molecule has 1 fully saturated rings. The first-order valence-electron chi connectivity index (χ1n) is 12.4. The van der Waals surface area contributed by atoms with E-state index in [2.05, 4.69) is 18.7 Å². The van der Waals surface area contributed by atoms with Crippen molar-refractivity contribution >= 4 is 17.4 Å². The summed E-state index contributed by atoms with van der Waals surface area (Å²) in [6.07, 6.45) is 0.714. The van der Waals surface area contributed by atoms with Crippen LogP contribution in [-0.2, 0) is 9.59 Å². The molecule has 0 spiro atoms. The van der Waals surface area contributed by atoms with Gasteiger partial charge < -0.3 is 24.4 Å². The zero-order valence-electron chi connectivity index (χ0n) is 21.1. The molecule has 1 aliphatic heterocycles. The molecule has 0 bridgehead atoms. The molecule has 0 aromatic heterocycles. The standard InChI is InChI=1S/C28H36N2O5/c1-5-29(6-2)17-12-18-30-25(21-15-16-22(34-7-3)23(19-21)35-8-4)24(27(32)28(30)33)26(31)20-13-10-9-11-14-20/h9-11,13-16,19,25,31H,5-8,12,17-18H2,1-4H3. The molecule has 0 radical (unpaired) electrons. The van der Waals surface area contributed by atoms with E-state index in [1.807, 2.05) is 26.0 Å². The van der Waals surface area contributed by atoms with Crippen LogP contribution in [0.4, 0.5) is 0 Å². The highest BCUT2D eigenvalue weighted by molar-refractivity contribution is 6.46. The van der Waals surface area contributed by atoms with Gasteiger partial charge in [-0.15, -0.1) is 0 Å². The summed E-state index contributed by atoms with van der Waals surface area (Å²) in [5.41, 5.74) is 1.28. The minimum Gasteiger partial charge on any atom is -0.507 e. The second-order valence-electron chi connectivity index (χ2n) is 8.31. The number of ether oxygens (including phenoxy) is 2. The van der Waals surface area contributed by atoms with Crippen LogP contribution in [0.1, 0.15) is 51.3 Å². The van der Waals surface area contributed by atoms with Crippen LogP contribution < -0.4 is 9.47 Å². The molecule has 2 aromatic carbocycles. The van der Waals surface area contributed by atoms with Crippen molar-refractivity contribution < 1.29 is 24.2 Å². The molecule has 3 rings (SSSR count). The van der Waals surface area contributed by atoms with Crippen molar-refractivity contribution in [1.29, 1.82) is 0 Å². The highest BCUT2D eigenvalue weighted by atomic mass is 16.5. The molecule has 1 aliphatic rings. The summed E-state index contributed by atoms with van der Waals surface area (Å²) < 4.78 is 11.5.